The van der Waals surface area contributed by atoms with Gasteiger partial charge in [-0.1, -0.05) is 36.4 Å². The zero-order valence-electron chi connectivity index (χ0n) is 21.9. The van der Waals surface area contributed by atoms with Gasteiger partial charge in [0.05, 0.1) is 45.0 Å². The summed E-state index contributed by atoms with van der Waals surface area (Å²) in [6.45, 7) is 2.89. The van der Waals surface area contributed by atoms with Crippen LogP contribution in [0.2, 0.25) is 0 Å². The van der Waals surface area contributed by atoms with Crippen LogP contribution in [0.4, 0.5) is 52.7 Å². The lowest BCUT2D eigenvalue weighted by atomic mass is 9.84. The van der Waals surface area contributed by atoms with Crippen molar-refractivity contribution >= 4 is 0 Å². The summed E-state index contributed by atoms with van der Waals surface area (Å²) in [5.74, 6) is 0. The maximum absolute atomic E-state index is 13.9. The standard InChI is InChI=1S/C29H18F12N2/c1-25(2,21-13-5-11-19(42-21)15-7-3-9-17(26(30,31)32)23(15)28(36,37)38)22-14-6-12-20(43-22)16-8-4-10-18(27(33,34)35)24(16)29(39,40)41/h3-14H,1-2H3. The van der Waals surface area contributed by atoms with E-state index in [1.807, 2.05) is 0 Å². The molecule has 0 amide bonds. The summed E-state index contributed by atoms with van der Waals surface area (Å²) in [6, 6.07) is 11.1. The topological polar surface area (TPSA) is 25.8 Å². The monoisotopic (exact) mass is 622 g/mol. The molecule has 228 valence electrons. The molecule has 2 nitrogen and oxygen atoms in total. The SMILES string of the molecule is CC(C)(c1cccc(-c2cccc(C(F)(F)F)c2C(F)(F)F)n1)c1cccc(-c2cccc(C(F)(F)F)c2C(F)(F)F)n1. The molecule has 0 aliphatic heterocycles. The molecule has 0 atom stereocenters. The fourth-order valence-electron chi connectivity index (χ4n) is 4.61. The van der Waals surface area contributed by atoms with Gasteiger partial charge in [-0.3, -0.25) is 9.97 Å². The van der Waals surface area contributed by atoms with Crippen molar-refractivity contribution in [1.29, 1.82) is 0 Å². The Bertz CT molecular complexity index is 1520. The van der Waals surface area contributed by atoms with Crippen LogP contribution in [0.15, 0.2) is 72.8 Å². The molecule has 2 aromatic heterocycles. The summed E-state index contributed by atoms with van der Waals surface area (Å²) < 4.78 is 164. The van der Waals surface area contributed by atoms with Gasteiger partial charge >= 0.3 is 24.7 Å². The average molecular weight is 622 g/mol. The molecule has 0 aliphatic carbocycles. The predicted molar refractivity (Wildman–Crippen MR) is 131 cm³/mol. The van der Waals surface area contributed by atoms with Crippen LogP contribution in [0.5, 0.6) is 0 Å². The second kappa shape index (κ2) is 10.6. The first-order valence-electron chi connectivity index (χ1n) is 12.1. The zero-order chi connectivity index (χ0) is 32.2. The van der Waals surface area contributed by atoms with Crippen molar-refractivity contribution in [3.8, 4) is 22.5 Å². The highest BCUT2D eigenvalue weighted by Gasteiger charge is 2.46. The fraction of sp³-hybridized carbons (Fsp3) is 0.241. The summed E-state index contributed by atoms with van der Waals surface area (Å²) in [5.41, 5.74) is -11.9. The van der Waals surface area contributed by atoms with Crippen molar-refractivity contribution in [2.45, 2.75) is 44.0 Å². The van der Waals surface area contributed by atoms with Crippen LogP contribution in [0.1, 0.15) is 47.5 Å². The van der Waals surface area contributed by atoms with Crippen LogP contribution in [0, 0.1) is 0 Å². The Morgan fingerprint density at radius 3 is 1.05 bits per heavy atom. The second-order valence-corrected chi connectivity index (χ2v) is 9.89. The molecule has 0 unspecified atom stereocenters. The van der Waals surface area contributed by atoms with Crippen molar-refractivity contribution < 1.29 is 52.7 Å². The van der Waals surface area contributed by atoms with E-state index in [1.165, 1.54) is 38.1 Å². The molecule has 43 heavy (non-hydrogen) atoms. The van der Waals surface area contributed by atoms with Gasteiger partial charge in [0.15, 0.2) is 0 Å². The van der Waals surface area contributed by atoms with Gasteiger partial charge in [0.25, 0.3) is 0 Å². The predicted octanol–water partition coefficient (Wildman–Crippen LogP) is 10.2. The highest BCUT2D eigenvalue weighted by atomic mass is 19.4. The Morgan fingerprint density at radius 2 is 0.744 bits per heavy atom. The molecule has 0 saturated carbocycles. The summed E-state index contributed by atoms with van der Waals surface area (Å²) in [5, 5.41) is 0. The third kappa shape index (κ3) is 6.32. The van der Waals surface area contributed by atoms with Crippen LogP contribution < -0.4 is 0 Å². The van der Waals surface area contributed by atoms with E-state index < -0.39 is 74.9 Å². The minimum absolute atomic E-state index is 0.0275. The minimum Gasteiger partial charge on any atom is -0.252 e. The molecule has 2 aromatic carbocycles. The van der Waals surface area contributed by atoms with Crippen molar-refractivity contribution in [1.82, 2.24) is 9.97 Å². The summed E-state index contributed by atoms with van der Waals surface area (Å²) in [7, 11) is 0. The van der Waals surface area contributed by atoms with Crippen molar-refractivity contribution in [2.75, 3.05) is 0 Å². The molecular weight excluding hydrogens is 604 g/mol. The number of hydrogen-bond donors (Lipinski definition) is 0. The van der Waals surface area contributed by atoms with E-state index >= 15 is 0 Å². The van der Waals surface area contributed by atoms with Crippen molar-refractivity contribution in [3.05, 3.63) is 106 Å². The van der Waals surface area contributed by atoms with E-state index in [-0.39, 0.29) is 11.4 Å². The van der Waals surface area contributed by atoms with Gasteiger partial charge < -0.3 is 0 Å². The van der Waals surface area contributed by atoms with E-state index in [1.54, 1.807) is 0 Å². The van der Waals surface area contributed by atoms with E-state index in [2.05, 4.69) is 9.97 Å². The van der Waals surface area contributed by atoms with Gasteiger partial charge in [0.1, 0.15) is 0 Å². The normalized spacial score (nSPS) is 13.3. The first kappa shape index (κ1) is 31.8. The lowest BCUT2D eigenvalue weighted by Crippen LogP contribution is -2.23. The van der Waals surface area contributed by atoms with E-state index in [9.17, 15) is 52.7 Å². The molecule has 14 heteroatoms. The zero-order valence-corrected chi connectivity index (χ0v) is 21.9. The maximum Gasteiger partial charge on any atom is 0.417 e. The summed E-state index contributed by atoms with van der Waals surface area (Å²) in [6.07, 6.45) is -21.5. The highest BCUT2D eigenvalue weighted by Crippen LogP contribution is 2.46. The number of hydrogen-bond acceptors (Lipinski definition) is 2. The molecule has 0 bridgehead atoms. The summed E-state index contributed by atoms with van der Waals surface area (Å²) >= 11 is 0. The molecular formula is C29H18F12N2. The van der Waals surface area contributed by atoms with Crippen LogP contribution in [-0.2, 0) is 30.1 Å². The minimum atomic E-state index is -5.41. The Labute approximate surface area is 236 Å². The number of pyridine rings is 2. The van der Waals surface area contributed by atoms with Crippen LogP contribution in [0.3, 0.4) is 0 Å². The first-order valence-corrected chi connectivity index (χ1v) is 12.1. The third-order valence-electron chi connectivity index (χ3n) is 6.64. The Hall–Kier alpha value is -4.10. The van der Waals surface area contributed by atoms with Crippen LogP contribution in [-0.4, -0.2) is 9.97 Å². The Kier molecular flexibility index (Phi) is 7.82. The lowest BCUT2D eigenvalue weighted by molar-refractivity contribution is -0.161. The van der Waals surface area contributed by atoms with E-state index in [0.717, 1.165) is 36.4 Å². The van der Waals surface area contributed by atoms with Crippen LogP contribution >= 0.6 is 0 Å². The van der Waals surface area contributed by atoms with Gasteiger partial charge in [-0.2, -0.15) is 52.7 Å². The molecule has 4 aromatic rings. The van der Waals surface area contributed by atoms with Crippen molar-refractivity contribution in [3.63, 3.8) is 0 Å². The molecule has 0 N–H and O–H groups in total. The van der Waals surface area contributed by atoms with E-state index in [0.29, 0.717) is 12.1 Å². The molecule has 4 rings (SSSR count). The van der Waals surface area contributed by atoms with Gasteiger partial charge in [-0.15, -0.1) is 0 Å². The van der Waals surface area contributed by atoms with Gasteiger partial charge in [-0.25, -0.2) is 0 Å². The van der Waals surface area contributed by atoms with Gasteiger partial charge in [0.2, 0.25) is 0 Å². The molecule has 0 aliphatic rings. The number of aromatic nitrogens is 2. The van der Waals surface area contributed by atoms with E-state index in [4.69, 9.17) is 0 Å². The molecule has 2 heterocycles. The highest BCUT2D eigenvalue weighted by molar-refractivity contribution is 5.68. The largest absolute Gasteiger partial charge is 0.417 e. The molecule has 0 fully saturated rings. The summed E-state index contributed by atoms with van der Waals surface area (Å²) in [4.78, 5) is 8.32. The first-order chi connectivity index (χ1) is 19.6. The number of nitrogens with zero attached hydrogens (tertiary/aromatic N) is 2. The van der Waals surface area contributed by atoms with Crippen LogP contribution in [0.25, 0.3) is 22.5 Å². The molecule has 0 spiro atoms. The molecule has 0 radical (unpaired) electrons. The van der Waals surface area contributed by atoms with Gasteiger partial charge in [0, 0.05) is 16.5 Å². The van der Waals surface area contributed by atoms with Gasteiger partial charge in [-0.05, 0) is 50.2 Å². The number of halogens is 12. The number of alkyl halides is 12. The Balaban J connectivity index is 1.87. The average Bonchev–Trinajstić information content (AvgIpc) is 2.90. The lowest BCUT2D eigenvalue weighted by Gasteiger charge is -2.26. The Morgan fingerprint density at radius 1 is 0.419 bits per heavy atom. The third-order valence-corrected chi connectivity index (χ3v) is 6.64. The fourth-order valence-corrected chi connectivity index (χ4v) is 4.61. The smallest absolute Gasteiger partial charge is 0.252 e. The van der Waals surface area contributed by atoms with Crippen molar-refractivity contribution in [2.24, 2.45) is 0 Å². The quantitative estimate of drug-likeness (QED) is 0.212. The number of benzene rings is 2. The molecule has 0 saturated heterocycles. The number of rotatable bonds is 4. The second-order valence-electron chi connectivity index (χ2n) is 9.89. The maximum atomic E-state index is 13.9.